The molecule has 0 aromatic carbocycles. The van der Waals surface area contributed by atoms with Crippen LogP contribution in [0.5, 0.6) is 0 Å². The monoisotopic (exact) mass is 107 g/mol. The van der Waals surface area contributed by atoms with Crippen molar-refractivity contribution in [1.82, 2.24) is 0 Å². The quantitative estimate of drug-likeness (QED) is 0.469. The molecule has 1 heteroatoms. The summed E-state index contributed by atoms with van der Waals surface area (Å²) in [4.78, 5) is 0. The summed E-state index contributed by atoms with van der Waals surface area (Å²) in [5, 5.41) is 8.42. The predicted molar refractivity (Wildman–Crippen MR) is 32.1 cm³/mol. The largest absolute Gasteiger partial charge is 0.193 e. The summed E-state index contributed by atoms with van der Waals surface area (Å²) in [5.74, 6) is 0.630. The topological polar surface area (TPSA) is 23.8 Å². The third kappa shape index (κ3) is 0.894. The minimum atomic E-state index is 0.630. The Labute approximate surface area is 49.6 Å². The molecule has 0 saturated heterocycles. The third-order valence-corrected chi connectivity index (χ3v) is 1.46. The number of allylic oxidation sites excluding steroid dienone is 2. The van der Waals surface area contributed by atoms with Crippen molar-refractivity contribution in [2.75, 3.05) is 0 Å². The Hall–Kier alpha value is -0.770. The van der Waals surface area contributed by atoms with Gasteiger partial charge in [-0.25, -0.2) is 0 Å². The van der Waals surface area contributed by atoms with E-state index in [0.717, 1.165) is 5.57 Å². The molecule has 0 bridgehead atoms. The summed E-state index contributed by atoms with van der Waals surface area (Å²) in [6.07, 6.45) is 4.37. The van der Waals surface area contributed by atoms with Gasteiger partial charge in [0.1, 0.15) is 0 Å². The molecule has 0 aromatic rings. The average Bonchev–Trinajstić information content (AvgIpc) is 2.53. The molecular formula is C7H9N. The van der Waals surface area contributed by atoms with Gasteiger partial charge in [0.25, 0.3) is 0 Å². The molecule has 0 amide bonds. The number of rotatable bonds is 1. The number of nitriles is 1. The molecule has 8 heavy (non-hydrogen) atoms. The second-order valence-corrected chi connectivity index (χ2v) is 2.13. The Morgan fingerprint density at radius 1 is 1.75 bits per heavy atom. The maximum atomic E-state index is 8.42. The summed E-state index contributed by atoms with van der Waals surface area (Å²) in [7, 11) is 0. The van der Waals surface area contributed by atoms with Gasteiger partial charge in [0.15, 0.2) is 0 Å². The van der Waals surface area contributed by atoms with Crippen molar-refractivity contribution in [3.63, 3.8) is 0 Å². The lowest BCUT2D eigenvalue weighted by Crippen LogP contribution is -1.76. The summed E-state index contributed by atoms with van der Waals surface area (Å²) in [6, 6.07) is 2.17. The van der Waals surface area contributed by atoms with Crippen LogP contribution in [0.15, 0.2) is 11.6 Å². The molecule has 0 aromatic heterocycles. The fraction of sp³-hybridized carbons (Fsp3) is 0.571. The van der Waals surface area contributed by atoms with Crippen LogP contribution >= 0.6 is 0 Å². The van der Waals surface area contributed by atoms with E-state index < -0.39 is 0 Å². The molecular weight excluding hydrogens is 98.1 g/mol. The lowest BCUT2D eigenvalue weighted by atomic mass is 10.2. The SMILES string of the molecule is CC=C(C#N)C1CC1. The van der Waals surface area contributed by atoms with E-state index in [0.29, 0.717) is 5.92 Å². The second kappa shape index (κ2) is 2.00. The molecule has 0 radical (unpaired) electrons. The van der Waals surface area contributed by atoms with Crippen molar-refractivity contribution in [2.45, 2.75) is 19.8 Å². The molecule has 1 nitrogen and oxygen atoms in total. The van der Waals surface area contributed by atoms with E-state index in [4.69, 9.17) is 5.26 Å². The van der Waals surface area contributed by atoms with Crippen molar-refractivity contribution in [3.05, 3.63) is 11.6 Å². The van der Waals surface area contributed by atoms with Gasteiger partial charge in [-0.15, -0.1) is 0 Å². The molecule has 1 aliphatic rings. The van der Waals surface area contributed by atoms with Gasteiger partial charge in [-0.3, -0.25) is 0 Å². The van der Waals surface area contributed by atoms with Crippen molar-refractivity contribution >= 4 is 0 Å². The molecule has 1 fully saturated rings. The minimum Gasteiger partial charge on any atom is -0.193 e. The first-order valence-electron chi connectivity index (χ1n) is 2.94. The smallest absolute Gasteiger partial charge is 0.0946 e. The Morgan fingerprint density at radius 3 is 2.50 bits per heavy atom. The standard InChI is InChI=1S/C7H9N/c1-2-6(5-8)7-3-4-7/h2,7H,3-4H2,1H3. The molecule has 0 heterocycles. The minimum absolute atomic E-state index is 0.630. The summed E-state index contributed by atoms with van der Waals surface area (Å²) < 4.78 is 0. The van der Waals surface area contributed by atoms with E-state index in [-0.39, 0.29) is 0 Å². The fourth-order valence-electron chi connectivity index (χ4n) is 0.786. The van der Waals surface area contributed by atoms with E-state index in [1.165, 1.54) is 12.8 Å². The summed E-state index contributed by atoms with van der Waals surface area (Å²) >= 11 is 0. The van der Waals surface area contributed by atoms with Gasteiger partial charge in [-0.2, -0.15) is 5.26 Å². The Balaban J connectivity index is 2.53. The van der Waals surface area contributed by atoms with Crippen molar-refractivity contribution in [1.29, 1.82) is 5.26 Å². The zero-order valence-corrected chi connectivity index (χ0v) is 5.02. The maximum absolute atomic E-state index is 8.42. The van der Waals surface area contributed by atoms with Crippen LogP contribution in [0.1, 0.15) is 19.8 Å². The lowest BCUT2D eigenvalue weighted by Gasteiger charge is -1.85. The van der Waals surface area contributed by atoms with Crippen molar-refractivity contribution in [2.24, 2.45) is 5.92 Å². The van der Waals surface area contributed by atoms with Gasteiger partial charge >= 0.3 is 0 Å². The summed E-state index contributed by atoms with van der Waals surface area (Å²) in [6.45, 7) is 1.93. The van der Waals surface area contributed by atoms with E-state index in [9.17, 15) is 0 Å². The Morgan fingerprint density at radius 2 is 2.38 bits per heavy atom. The van der Waals surface area contributed by atoms with Crippen molar-refractivity contribution in [3.8, 4) is 6.07 Å². The van der Waals surface area contributed by atoms with Crippen LogP contribution in [0.2, 0.25) is 0 Å². The van der Waals surface area contributed by atoms with Gasteiger partial charge < -0.3 is 0 Å². The summed E-state index contributed by atoms with van der Waals surface area (Å²) in [5.41, 5.74) is 0.977. The molecule has 0 atom stereocenters. The number of hydrogen-bond acceptors (Lipinski definition) is 1. The van der Waals surface area contributed by atoms with E-state index >= 15 is 0 Å². The van der Waals surface area contributed by atoms with Crippen LogP contribution in [0.3, 0.4) is 0 Å². The highest BCUT2D eigenvalue weighted by molar-refractivity contribution is 5.26. The van der Waals surface area contributed by atoms with Crippen LogP contribution in [-0.4, -0.2) is 0 Å². The fourth-order valence-corrected chi connectivity index (χ4v) is 0.786. The molecule has 1 rings (SSSR count). The van der Waals surface area contributed by atoms with Crippen LogP contribution in [-0.2, 0) is 0 Å². The third-order valence-electron chi connectivity index (χ3n) is 1.46. The van der Waals surface area contributed by atoms with Crippen molar-refractivity contribution < 1.29 is 0 Å². The highest BCUT2D eigenvalue weighted by Crippen LogP contribution is 2.35. The highest BCUT2D eigenvalue weighted by atomic mass is 14.3. The molecule has 1 aliphatic carbocycles. The first-order valence-corrected chi connectivity index (χ1v) is 2.94. The molecule has 42 valence electrons. The van der Waals surface area contributed by atoms with Crippen LogP contribution in [0, 0.1) is 17.2 Å². The molecule has 0 N–H and O–H groups in total. The molecule has 0 unspecified atom stereocenters. The molecule has 1 saturated carbocycles. The van der Waals surface area contributed by atoms with Crippen LogP contribution < -0.4 is 0 Å². The van der Waals surface area contributed by atoms with Gasteiger partial charge in [0.05, 0.1) is 6.07 Å². The van der Waals surface area contributed by atoms with Gasteiger partial charge in [0, 0.05) is 5.57 Å². The zero-order chi connectivity index (χ0) is 5.98. The maximum Gasteiger partial charge on any atom is 0.0946 e. The van der Waals surface area contributed by atoms with Crippen LogP contribution in [0.25, 0.3) is 0 Å². The Kier molecular flexibility index (Phi) is 1.34. The first kappa shape index (κ1) is 5.37. The number of nitrogens with zero attached hydrogens (tertiary/aromatic N) is 1. The van der Waals surface area contributed by atoms with Gasteiger partial charge in [-0.05, 0) is 25.7 Å². The van der Waals surface area contributed by atoms with E-state index in [1.807, 2.05) is 13.0 Å². The Bertz CT molecular complexity index is 146. The van der Waals surface area contributed by atoms with Crippen LogP contribution in [0.4, 0.5) is 0 Å². The molecule has 0 spiro atoms. The van der Waals surface area contributed by atoms with Gasteiger partial charge in [0.2, 0.25) is 0 Å². The molecule has 0 aliphatic heterocycles. The lowest BCUT2D eigenvalue weighted by molar-refractivity contribution is 1.05. The first-order chi connectivity index (χ1) is 3.88. The highest BCUT2D eigenvalue weighted by Gasteiger charge is 2.24. The van der Waals surface area contributed by atoms with Gasteiger partial charge in [-0.1, -0.05) is 6.08 Å². The average molecular weight is 107 g/mol. The normalized spacial score (nSPS) is 20.2. The van der Waals surface area contributed by atoms with E-state index in [2.05, 4.69) is 6.07 Å². The number of hydrogen-bond donors (Lipinski definition) is 0. The van der Waals surface area contributed by atoms with E-state index in [1.54, 1.807) is 0 Å². The zero-order valence-electron chi connectivity index (χ0n) is 5.02. The second-order valence-electron chi connectivity index (χ2n) is 2.13. The predicted octanol–water partition coefficient (Wildman–Crippen LogP) is 1.87.